The molecule has 19 heavy (non-hydrogen) atoms. The van der Waals surface area contributed by atoms with Crippen LogP contribution < -0.4 is 0 Å². The van der Waals surface area contributed by atoms with Gasteiger partial charge < -0.3 is 4.90 Å². The van der Waals surface area contributed by atoms with Crippen LogP contribution in [0.1, 0.15) is 37.0 Å². The van der Waals surface area contributed by atoms with Gasteiger partial charge in [-0.25, -0.2) is 0 Å². The van der Waals surface area contributed by atoms with Gasteiger partial charge in [0.1, 0.15) is 5.54 Å². The lowest BCUT2D eigenvalue weighted by Crippen LogP contribution is -2.48. The maximum Gasteiger partial charge on any atom is 0.255 e. The monoisotopic (exact) mass is 384 g/mol. The van der Waals surface area contributed by atoms with E-state index in [-0.39, 0.29) is 11.9 Å². The third kappa shape index (κ3) is 3.18. The maximum absolute atomic E-state index is 12.7. The summed E-state index contributed by atoms with van der Waals surface area (Å²) < 4.78 is 1.69. The molecule has 3 nitrogen and oxygen atoms in total. The fraction of sp³-hybridized carbons (Fsp3) is 0.429. The Morgan fingerprint density at radius 3 is 2.26 bits per heavy atom. The van der Waals surface area contributed by atoms with Crippen LogP contribution in [-0.2, 0) is 0 Å². The number of nitrogens with zero attached hydrogens (tertiary/aromatic N) is 2. The molecule has 1 aromatic carbocycles. The van der Waals surface area contributed by atoms with Crippen molar-refractivity contribution in [3.8, 4) is 6.07 Å². The van der Waals surface area contributed by atoms with Crippen molar-refractivity contribution < 1.29 is 4.79 Å². The van der Waals surface area contributed by atoms with Gasteiger partial charge in [0.25, 0.3) is 5.91 Å². The number of amides is 1. The van der Waals surface area contributed by atoms with E-state index in [0.717, 1.165) is 21.8 Å². The van der Waals surface area contributed by atoms with E-state index in [2.05, 4.69) is 37.9 Å². The van der Waals surface area contributed by atoms with Crippen LogP contribution in [-0.4, -0.2) is 22.4 Å². The standard InChI is InChI=1S/C14H14Br2N2O/c1-14(2,8-17)18(12-3-4-12)13(19)9-5-10(15)7-11(16)6-9/h5-7,12H,3-4H2,1-2H3. The zero-order chi connectivity index (χ0) is 14.2. The van der Waals surface area contributed by atoms with E-state index in [1.54, 1.807) is 30.9 Å². The Morgan fingerprint density at radius 2 is 1.84 bits per heavy atom. The summed E-state index contributed by atoms with van der Waals surface area (Å²) in [5.41, 5.74) is -0.191. The first-order valence-corrected chi connectivity index (χ1v) is 7.65. The fourth-order valence-corrected chi connectivity index (χ4v) is 3.37. The summed E-state index contributed by atoms with van der Waals surface area (Å²) in [6.45, 7) is 3.58. The van der Waals surface area contributed by atoms with E-state index in [4.69, 9.17) is 0 Å². The minimum absolute atomic E-state index is 0.0870. The lowest BCUT2D eigenvalue weighted by atomic mass is 10.0. The van der Waals surface area contributed by atoms with Crippen molar-refractivity contribution >= 4 is 37.8 Å². The highest BCUT2D eigenvalue weighted by Crippen LogP contribution is 2.34. The van der Waals surface area contributed by atoms with Crippen LogP contribution in [0, 0.1) is 11.3 Å². The summed E-state index contributed by atoms with van der Waals surface area (Å²) in [7, 11) is 0. The Bertz CT molecular complexity index is 539. The molecule has 2 rings (SSSR count). The zero-order valence-corrected chi connectivity index (χ0v) is 14.0. The lowest BCUT2D eigenvalue weighted by Gasteiger charge is -2.33. The maximum atomic E-state index is 12.7. The predicted octanol–water partition coefficient (Wildman–Crippen LogP) is 4.12. The van der Waals surface area contributed by atoms with Crippen LogP contribution in [0.15, 0.2) is 27.1 Å². The first-order valence-electron chi connectivity index (χ1n) is 6.06. The van der Waals surface area contributed by atoms with E-state index >= 15 is 0 Å². The molecule has 5 heteroatoms. The van der Waals surface area contributed by atoms with Crippen molar-refractivity contribution in [2.75, 3.05) is 0 Å². The van der Waals surface area contributed by atoms with E-state index in [1.165, 1.54) is 0 Å². The van der Waals surface area contributed by atoms with Crippen molar-refractivity contribution in [2.24, 2.45) is 0 Å². The lowest BCUT2D eigenvalue weighted by molar-refractivity contribution is 0.0615. The van der Waals surface area contributed by atoms with Crippen LogP contribution in [0.2, 0.25) is 0 Å². The molecular weight excluding hydrogens is 372 g/mol. The van der Waals surface area contributed by atoms with Gasteiger partial charge in [-0.3, -0.25) is 4.79 Å². The Labute approximate surface area is 129 Å². The summed E-state index contributed by atoms with van der Waals surface area (Å²) in [5.74, 6) is -0.0870. The summed E-state index contributed by atoms with van der Waals surface area (Å²) in [6, 6.07) is 7.88. The highest BCUT2D eigenvalue weighted by Gasteiger charge is 2.42. The summed E-state index contributed by atoms with van der Waals surface area (Å²) >= 11 is 6.77. The number of nitriles is 1. The molecule has 1 fully saturated rings. The molecule has 0 saturated heterocycles. The zero-order valence-electron chi connectivity index (χ0n) is 10.8. The molecular formula is C14H14Br2N2O. The number of hydrogen-bond donors (Lipinski definition) is 0. The minimum atomic E-state index is -0.785. The normalized spacial score (nSPS) is 14.9. The Kier molecular flexibility index (Phi) is 4.03. The average molecular weight is 386 g/mol. The van der Waals surface area contributed by atoms with Gasteiger partial charge in [0.05, 0.1) is 6.07 Å². The number of benzene rings is 1. The summed E-state index contributed by atoms with van der Waals surface area (Å²) in [6.07, 6.45) is 1.96. The van der Waals surface area contributed by atoms with Crippen LogP contribution in [0.5, 0.6) is 0 Å². The third-order valence-corrected chi connectivity index (χ3v) is 4.03. The molecule has 0 radical (unpaired) electrons. The number of halogens is 2. The van der Waals surface area contributed by atoms with E-state index < -0.39 is 5.54 Å². The number of carbonyl (C=O) groups is 1. The Morgan fingerprint density at radius 1 is 1.32 bits per heavy atom. The van der Waals surface area contributed by atoms with Gasteiger partial charge in [0.15, 0.2) is 0 Å². The van der Waals surface area contributed by atoms with Crippen molar-refractivity contribution in [3.63, 3.8) is 0 Å². The summed E-state index contributed by atoms with van der Waals surface area (Å²) in [4.78, 5) is 14.4. The van der Waals surface area contributed by atoms with Gasteiger partial charge in [-0.2, -0.15) is 5.26 Å². The molecule has 0 atom stereocenters. The molecule has 0 unspecified atom stereocenters. The van der Waals surface area contributed by atoms with Gasteiger partial charge in [-0.05, 0) is 44.9 Å². The van der Waals surface area contributed by atoms with Crippen LogP contribution in [0.25, 0.3) is 0 Å². The quantitative estimate of drug-likeness (QED) is 0.785. The first kappa shape index (κ1) is 14.5. The fourth-order valence-electron chi connectivity index (χ4n) is 2.08. The van der Waals surface area contributed by atoms with Crippen LogP contribution >= 0.6 is 31.9 Å². The topological polar surface area (TPSA) is 44.1 Å². The smallest absolute Gasteiger partial charge is 0.255 e. The number of rotatable bonds is 3. The minimum Gasteiger partial charge on any atom is -0.317 e. The Hall–Kier alpha value is -0.860. The number of hydrogen-bond acceptors (Lipinski definition) is 2. The summed E-state index contributed by atoms with van der Waals surface area (Å²) in [5, 5.41) is 9.28. The molecule has 1 saturated carbocycles. The molecule has 0 spiro atoms. The van der Waals surface area contributed by atoms with Gasteiger partial charge >= 0.3 is 0 Å². The van der Waals surface area contributed by atoms with E-state index in [1.807, 2.05) is 6.07 Å². The Balaban J connectivity index is 2.38. The van der Waals surface area contributed by atoms with Gasteiger partial charge in [0.2, 0.25) is 0 Å². The van der Waals surface area contributed by atoms with E-state index in [0.29, 0.717) is 5.56 Å². The SMILES string of the molecule is CC(C)(C#N)N(C(=O)c1cc(Br)cc(Br)c1)C1CC1. The highest BCUT2D eigenvalue weighted by atomic mass is 79.9. The number of carbonyl (C=O) groups excluding carboxylic acids is 1. The van der Waals surface area contributed by atoms with Gasteiger partial charge in [-0.15, -0.1) is 0 Å². The van der Waals surface area contributed by atoms with Crippen molar-refractivity contribution in [1.29, 1.82) is 5.26 Å². The molecule has 1 amide bonds. The van der Waals surface area contributed by atoms with Crippen LogP contribution in [0.3, 0.4) is 0 Å². The van der Waals surface area contributed by atoms with Crippen LogP contribution in [0.4, 0.5) is 0 Å². The van der Waals surface area contributed by atoms with Gasteiger partial charge in [-0.1, -0.05) is 31.9 Å². The molecule has 1 aromatic rings. The van der Waals surface area contributed by atoms with E-state index in [9.17, 15) is 10.1 Å². The molecule has 1 aliphatic rings. The second-order valence-corrected chi connectivity index (χ2v) is 7.07. The molecule has 0 bridgehead atoms. The predicted molar refractivity (Wildman–Crippen MR) is 80.7 cm³/mol. The third-order valence-electron chi connectivity index (χ3n) is 3.12. The average Bonchev–Trinajstić information content (AvgIpc) is 3.12. The molecule has 100 valence electrons. The largest absolute Gasteiger partial charge is 0.317 e. The van der Waals surface area contributed by atoms with Crippen molar-refractivity contribution in [3.05, 3.63) is 32.7 Å². The second kappa shape index (κ2) is 5.26. The second-order valence-electron chi connectivity index (χ2n) is 5.24. The molecule has 0 aliphatic heterocycles. The van der Waals surface area contributed by atoms with Crippen molar-refractivity contribution in [2.45, 2.75) is 38.3 Å². The molecule has 0 heterocycles. The molecule has 1 aliphatic carbocycles. The van der Waals surface area contributed by atoms with Gasteiger partial charge in [0, 0.05) is 20.6 Å². The molecule has 0 aromatic heterocycles. The first-order chi connectivity index (χ1) is 8.85. The highest BCUT2D eigenvalue weighted by molar-refractivity contribution is 9.11. The van der Waals surface area contributed by atoms with Crippen molar-refractivity contribution in [1.82, 2.24) is 4.90 Å². The molecule has 0 N–H and O–H groups in total.